The third-order valence-corrected chi connectivity index (χ3v) is 2.44. The molecule has 0 radical (unpaired) electrons. The van der Waals surface area contributed by atoms with Gasteiger partial charge in [0.2, 0.25) is 0 Å². The van der Waals surface area contributed by atoms with Crippen LogP contribution in [0.2, 0.25) is 0 Å². The lowest BCUT2D eigenvalue weighted by Gasteiger charge is -2.11. The van der Waals surface area contributed by atoms with Gasteiger partial charge in [0.05, 0.1) is 5.75 Å². The van der Waals surface area contributed by atoms with Gasteiger partial charge >= 0.3 is 0 Å². The molecule has 1 atom stereocenters. The van der Waals surface area contributed by atoms with Crippen LogP contribution in [0.15, 0.2) is 0 Å². The molecule has 6 heteroatoms. The predicted molar refractivity (Wildman–Crippen MR) is 50.2 cm³/mol. The summed E-state index contributed by atoms with van der Waals surface area (Å²) in [6, 6.07) is 0.173. The molecule has 0 aromatic heterocycles. The van der Waals surface area contributed by atoms with Gasteiger partial charge in [-0.1, -0.05) is 0 Å². The summed E-state index contributed by atoms with van der Waals surface area (Å²) in [7, 11) is -3.82. The molecule has 80 valence electrons. The summed E-state index contributed by atoms with van der Waals surface area (Å²) in [5.41, 5.74) is 0. The lowest BCUT2D eigenvalue weighted by Crippen LogP contribution is -2.28. The lowest BCUT2D eigenvalue weighted by atomic mass is 10.2. The van der Waals surface area contributed by atoms with Crippen LogP contribution < -0.4 is 5.32 Å². The SMILES string of the molecule is C[C@@H](CCO)NCCCS(=O)(=O)O. The van der Waals surface area contributed by atoms with Gasteiger partial charge in [0.15, 0.2) is 0 Å². The lowest BCUT2D eigenvalue weighted by molar-refractivity contribution is 0.269. The fraction of sp³-hybridized carbons (Fsp3) is 1.00. The zero-order chi connectivity index (χ0) is 10.3. The van der Waals surface area contributed by atoms with E-state index in [1.807, 2.05) is 6.92 Å². The zero-order valence-corrected chi connectivity index (χ0v) is 8.55. The van der Waals surface area contributed by atoms with E-state index in [-0.39, 0.29) is 18.4 Å². The maximum absolute atomic E-state index is 10.3. The first-order valence-corrected chi connectivity index (χ1v) is 5.86. The molecule has 0 saturated heterocycles. The minimum atomic E-state index is -3.82. The molecule has 0 heterocycles. The molecule has 0 bridgehead atoms. The van der Waals surface area contributed by atoms with Gasteiger partial charge in [0, 0.05) is 12.6 Å². The molecular weight excluding hydrogens is 194 g/mol. The summed E-state index contributed by atoms with van der Waals surface area (Å²) in [6.45, 7) is 2.55. The summed E-state index contributed by atoms with van der Waals surface area (Å²) >= 11 is 0. The molecule has 0 aliphatic heterocycles. The molecule has 5 nitrogen and oxygen atoms in total. The van der Waals surface area contributed by atoms with Gasteiger partial charge in [-0.25, -0.2) is 0 Å². The highest BCUT2D eigenvalue weighted by Crippen LogP contribution is 1.91. The summed E-state index contributed by atoms with van der Waals surface area (Å²) in [5.74, 6) is -0.216. The summed E-state index contributed by atoms with van der Waals surface area (Å²) < 4.78 is 29.0. The Labute approximate surface area is 78.9 Å². The van der Waals surface area contributed by atoms with Gasteiger partial charge in [-0.3, -0.25) is 4.55 Å². The quantitative estimate of drug-likeness (QED) is 0.395. The normalized spacial score (nSPS) is 14.4. The molecule has 0 aromatic rings. The average molecular weight is 211 g/mol. The van der Waals surface area contributed by atoms with Gasteiger partial charge in [-0.2, -0.15) is 8.42 Å². The fourth-order valence-electron chi connectivity index (χ4n) is 0.899. The Morgan fingerprint density at radius 2 is 2.08 bits per heavy atom. The van der Waals surface area contributed by atoms with E-state index < -0.39 is 10.1 Å². The molecule has 13 heavy (non-hydrogen) atoms. The standard InChI is InChI=1S/C7H17NO4S/c1-7(3-5-9)8-4-2-6-13(10,11)12/h7-9H,2-6H2,1H3,(H,10,11,12)/t7-/m0/s1. The van der Waals surface area contributed by atoms with Crippen LogP contribution in [0.25, 0.3) is 0 Å². The van der Waals surface area contributed by atoms with Crippen LogP contribution in [-0.4, -0.2) is 43.0 Å². The highest BCUT2D eigenvalue weighted by molar-refractivity contribution is 7.85. The summed E-state index contributed by atoms with van der Waals surface area (Å²) in [5, 5.41) is 11.6. The Bertz CT molecular complexity index is 215. The van der Waals surface area contributed by atoms with Crippen molar-refractivity contribution >= 4 is 10.1 Å². The Morgan fingerprint density at radius 1 is 1.46 bits per heavy atom. The van der Waals surface area contributed by atoms with Crippen molar-refractivity contribution in [2.75, 3.05) is 18.9 Å². The Morgan fingerprint density at radius 3 is 2.54 bits per heavy atom. The van der Waals surface area contributed by atoms with Crippen molar-refractivity contribution in [3.8, 4) is 0 Å². The molecule has 0 aliphatic carbocycles. The molecule has 0 aliphatic rings. The minimum absolute atomic E-state index is 0.118. The fourth-order valence-corrected chi connectivity index (χ4v) is 1.41. The third kappa shape index (κ3) is 9.75. The molecule has 0 rings (SSSR count). The van der Waals surface area contributed by atoms with Crippen LogP contribution in [0, 0.1) is 0 Å². The van der Waals surface area contributed by atoms with Gasteiger partial charge in [0.25, 0.3) is 10.1 Å². The topological polar surface area (TPSA) is 86.6 Å². The third-order valence-electron chi connectivity index (χ3n) is 1.63. The predicted octanol–water partition coefficient (Wildman–Crippen LogP) is -0.375. The molecule has 3 N–H and O–H groups in total. The minimum Gasteiger partial charge on any atom is -0.396 e. The molecule has 0 aromatic carbocycles. The van der Waals surface area contributed by atoms with E-state index in [4.69, 9.17) is 9.66 Å². The first-order chi connectivity index (χ1) is 5.95. The second-order valence-corrected chi connectivity index (χ2v) is 4.58. The van der Waals surface area contributed by atoms with Crippen molar-refractivity contribution in [1.82, 2.24) is 5.32 Å². The van der Waals surface area contributed by atoms with Gasteiger partial charge < -0.3 is 10.4 Å². The van der Waals surface area contributed by atoms with E-state index in [0.29, 0.717) is 19.4 Å². The smallest absolute Gasteiger partial charge is 0.264 e. The molecule has 0 saturated carbocycles. The Hall–Kier alpha value is -0.170. The first kappa shape index (κ1) is 12.8. The van der Waals surface area contributed by atoms with Crippen molar-refractivity contribution in [2.24, 2.45) is 0 Å². The van der Waals surface area contributed by atoms with Crippen LogP contribution in [0.4, 0.5) is 0 Å². The van der Waals surface area contributed by atoms with Gasteiger partial charge in [0.1, 0.15) is 0 Å². The first-order valence-electron chi connectivity index (χ1n) is 4.25. The zero-order valence-electron chi connectivity index (χ0n) is 7.73. The molecule has 0 amide bonds. The van der Waals surface area contributed by atoms with Crippen LogP contribution in [0.1, 0.15) is 19.8 Å². The number of rotatable bonds is 7. The van der Waals surface area contributed by atoms with Crippen molar-refractivity contribution in [3.05, 3.63) is 0 Å². The van der Waals surface area contributed by atoms with E-state index in [1.54, 1.807) is 0 Å². The molecule has 0 unspecified atom stereocenters. The van der Waals surface area contributed by atoms with Crippen molar-refractivity contribution in [2.45, 2.75) is 25.8 Å². The van der Waals surface area contributed by atoms with E-state index in [9.17, 15) is 8.42 Å². The van der Waals surface area contributed by atoms with Crippen LogP contribution in [-0.2, 0) is 10.1 Å². The second-order valence-electron chi connectivity index (χ2n) is 3.01. The van der Waals surface area contributed by atoms with E-state index >= 15 is 0 Å². The Balaban J connectivity index is 3.36. The van der Waals surface area contributed by atoms with Gasteiger partial charge in [-0.05, 0) is 26.3 Å². The second kappa shape index (κ2) is 6.31. The Kier molecular flexibility index (Phi) is 6.23. The molecular formula is C7H17NO4S. The summed E-state index contributed by atoms with van der Waals surface area (Å²) in [4.78, 5) is 0. The van der Waals surface area contributed by atoms with E-state index in [1.165, 1.54) is 0 Å². The molecule has 0 spiro atoms. The maximum Gasteiger partial charge on any atom is 0.264 e. The number of aliphatic hydroxyl groups excluding tert-OH is 1. The van der Waals surface area contributed by atoms with Crippen LogP contribution in [0.3, 0.4) is 0 Å². The number of hydrogen-bond donors (Lipinski definition) is 3. The monoisotopic (exact) mass is 211 g/mol. The van der Waals surface area contributed by atoms with Crippen molar-refractivity contribution in [1.29, 1.82) is 0 Å². The summed E-state index contributed by atoms with van der Waals surface area (Å²) in [6.07, 6.45) is 1.03. The largest absolute Gasteiger partial charge is 0.396 e. The maximum atomic E-state index is 10.3. The van der Waals surface area contributed by atoms with Crippen LogP contribution >= 0.6 is 0 Å². The molecule has 0 fully saturated rings. The van der Waals surface area contributed by atoms with Gasteiger partial charge in [-0.15, -0.1) is 0 Å². The van der Waals surface area contributed by atoms with Crippen molar-refractivity contribution in [3.63, 3.8) is 0 Å². The number of hydrogen-bond acceptors (Lipinski definition) is 4. The van der Waals surface area contributed by atoms with Crippen molar-refractivity contribution < 1.29 is 18.1 Å². The number of aliphatic hydroxyl groups is 1. The highest BCUT2D eigenvalue weighted by Gasteiger charge is 2.04. The number of nitrogens with one attached hydrogen (secondary N) is 1. The van der Waals surface area contributed by atoms with Crippen LogP contribution in [0.5, 0.6) is 0 Å². The van der Waals surface area contributed by atoms with E-state index in [0.717, 1.165) is 0 Å². The van der Waals surface area contributed by atoms with E-state index in [2.05, 4.69) is 5.32 Å². The highest BCUT2D eigenvalue weighted by atomic mass is 32.2. The average Bonchev–Trinajstić information content (AvgIpc) is 1.97.